The molecule has 1 aromatic rings. The highest BCUT2D eigenvalue weighted by Gasteiger charge is 2.34. The Morgan fingerprint density at radius 3 is 2.27 bits per heavy atom. The van der Waals surface area contributed by atoms with Crippen molar-refractivity contribution in [2.75, 3.05) is 0 Å². The van der Waals surface area contributed by atoms with Gasteiger partial charge in [-0.1, -0.05) is 18.2 Å². The summed E-state index contributed by atoms with van der Waals surface area (Å²) in [4.78, 5) is 0. The normalized spacial score (nSPS) is 16.1. The number of nitrogens with two attached hydrogens (primary N) is 1. The molecule has 0 aromatic heterocycles. The summed E-state index contributed by atoms with van der Waals surface area (Å²) >= 11 is 0. The summed E-state index contributed by atoms with van der Waals surface area (Å²) in [5, 5.41) is 9.17. The lowest BCUT2D eigenvalue weighted by atomic mass is 9.97. The Morgan fingerprint density at radius 2 is 1.80 bits per heavy atom. The number of hydrogen-bond acceptors (Lipinski definition) is 2. The monoisotopic (exact) mass is 219 g/mol. The van der Waals surface area contributed by atoms with Crippen molar-refractivity contribution in [3.8, 4) is 0 Å². The zero-order valence-electron chi connectivity index (χ0n) is 8.12. The van der Waals surface area contributed by atoms with Gasteiger partial charge in [0.05, 0.1) is 17.7 Å². The second-order valence-corrected chi connectivity index (χ2v) is 3.35. The van der Waals surface area contributed by atoms with Crippen molar-refractivity contribution >= 4 is 0 Å². The second kappa shape index (κ2) is 4.20. The molecule has 5 heteroatoms. The van der Waals surface area contributed by atoms with Gasteiger partial charge in [-0.2, -0.15) is 13.2 Å². The largest absolute Gasteiger partial charge is 0.416 e. The molecule has 0 bridgehead atoms. The number of aliphatic hydroxyl groups excluding tert-OH is 1. The first-order valence-electron chi connectivity index (χ1n) is 4.44. The van der Waals surface area contributed by atoms with E-state index in [-0.39, 0.29) is 5.56 Å². The van der Waals surface area contributed by atoms with Crippen LogP contribution in [-0.2, 0) is 6.18 Å². The fraction of sp³-hybridized carbons (Fsp3) is 0.400. The molecule has 0 spiro atoms. The summed E-state index contributed by atoms with van der Waals surface area (Å²) in [6.07, 6.45) is -5.46. The Morgan fingerprint density at radius 1 is 1.27 bits per heavy atom. The van der Waals surface area contributed by atoms with Crippen LogP contribution in [-0.4, -0.2) is 11.2 Å². The molecule has 0 heterocycles. The summed E-state index contributed by atoms with van der Waals surface area (Å²) in [5.74, 6) is 0. The fourth-order valence-corrected chi connectivity index (χ4v) is 1.31. The molecule has 0 fully saturated rings. The minimum atomic E-state index is -4.44. The maximum atomic E-state index is 12.5. The van der Waals surface area contributed by atoms with E-state index < -0.39 is 23.9 Å². The third-order valence-electron chi connectivity index (χ3n) is 2.15. The molecule has 0 aliphatic heterocycles. The van der Waals surface area contributed by atoms with Crippen molar-refractivity contribution in [1.29, 1.82) is 0 Å². The fourth-order valence-electron chi connectivity index (χ4n) is 1.31. The zero-order valence-corrected chi connectivity index (χ0v) is 8.12. The molecule has 3 N–H and O–H groups in total. The molecule has 84 valence electrons. The van der Waals surface area contributed by atoms with Gasteiger partial charge in [-0.05, 0) is 18.6 Å². The SMILES string of the molecule is CC(O)[C@@H](N)c1ccccc1C(F)(F)F. The van der Waals surface area contributed by atoms with Crippen LogP contribution in [0.4, 0.5) is 13.2 Å². The summed E-state index contributed by atoms with van der Waals surface area (Å²) in [7, 11) is 0. The van der Waals surface area contributed by atoms with Gasteiger partial charge in [0.25, 0.3) is 0 Å². The van der Waals surface area contributed by atoms with Gasteiger partial charge in [0.15, 0.2) is 0 Å². The van der Waals surface area contributed by atoms with Gasteiger partial charge < -0.3 is 10.8 Å². The van der Waals surface area contributed by atoms with E-state index in [1.54, 1.807) is 0 Å². The Bertz CT molecular complexity index is 336. The van der Waals surface area contributed by atoms with Gasteiger partial charge in [0.1, 0.15) is 0 Å². The average molecular weight is 219 g/mol. The van der Waals surface area contributed by atoms with E-state index in [1.807, 2.05) is 0 Å². The number of benzene rings is 1. The van der Waals surface area contributed by atoms with Crippen molar-refractivity contribution in [2.45, 2.75) is 25.2 Å². The number of aliphatic hydroxyl groups is 1. The molecule has 1 rings (SSSR count). The third kappa shape index (κ3) is 2.70. The van der Waals surface area contributed by atoms with Crippen LogP contribution in [0.15, 0.2) is 24.3 Å². The molecule has 2 nitrogen and oxygen atoms in total. The molecule has 0 aliphatic carbocycles. The molecular weight excluding hydrogens is 207 g/mol. The summed E-state index contributed by atoms with van der Waals surface area (Å²) in [6.45, 7) is 1.36. The molecule has 0 saturated carbocycles. The van der Waals surface area contributed by atoms with Crippen molar-refractivity contribution in [1.82, 2.24) is 0 Å². The van der Waals surface area contributed by atoms with Crippen LogP contribution in [0, 0.1) is 0 Å². The van der Waals surface area contributed by atoms with E-state index in [2.05, 4.69) is 0 Å². The van der Waals surface area contributed by atoms with E-state index in [4.69, 9.17) is 5.73 Å². The maximum absolute atomic E-state index is 12.5. The Balaban J connectivity index is 3.18. The summed E-state index contributed by atoms with van der Waals surface area (Å²) in [5.41, 5.74) is 4.61. The molecule has 0 radical (unpaired) electrons. The Hall–Kier alpha value is -1.07. The zero-order chi connectivity index (χ0) is 11.6. The molecule has 0 aliphatic rings. The predicted molar refractivity (Wildman–Crippen MR) is 50.1 cm³/mol. The summed E-state index contributed by atoms with van der Waals surface area (Å²) in [6, 6.07) is 3.97. The number of alkyl halides is 3. The van der Waals surface area contributed by atoms with Crippen LogP contribution < -0.4 is 5.73 Å². The lowest BCUT2D eigenvalue weighted by Gasteiger charge is -2.20. The van der Waals surface area contributed by atoms with Crippen LogP contribution in [0.3, 0.4) is 0 Å². The molecular formula is C10H12F3NO. The number of halogens is 3. The molecule has 2 atom stereocenters. The Kier molecular flexibility index (Phi) is 3.36. The molecule has 15 heavy (non-hydrogen) atoms. The first-order chi connectivity index (χ1) is 6.84. The van der Waals surface area contributed by atoms with Gasteiger partial charge in [0, 0.05) is 0 Å². The van der Waals surface area contributed by atoms with Gasteiger partial charge >= 0.3 is 6.18 Å². The van der Waals surface area contributed by atoms with Gasteiger partial charge in [-0.25, -0.2) is 0 Å². The van der Waals surface area contributed by atoms with Crippen LogP contribution in [0.2, 0.25) is 0 Å². The van der Waals surface area contributed by atoms with E-state index in [9.17, 15) is 18.3 Å². The van der Waals surface area contributed by atoms with Gasteiger partial charge in [-0.3, -0.25) is 0 Å². The van der Waals surface area contributed by atoms with Gasteiger partial charge in [-0.15, -0.1) is 0 Å². The molecule has 1 unspecified atom stereocenters. The highest BCUT2D eigenvalue weighted by molar-refractivity contribution is 5.32. The second-order valence-electron chi connectivity index (χ2n) is 3.35. The molecule has 0 amide bonds. The summed E-state index contributed by atoms with van der Waals surface area (Å²) < 4.78 is 37.6. The first kappa shape index (κ1) is 12.0. The van der Waals surface area contributed by atoms with E-state index in [0.29, 0.717) is 0 Å². The minimum Gasteiger partial charge on any atom is -0.391 e. The minimum absolute atomic E-state index is 0.0833. The number of rotatable bonds is 2. The van der Waals surface area contributed by atoms with Crippen molar-refractivity contribution in [3.05, 3.63) is 35.4 Å². The Labute approximate surface area is 85.5 Å². The quantitative estimate of drug-likeness (QED) is 0.800. The van der Waals surface area contributed by atoms with Crippen LogP contribution in [0.25, 0.3) is 0 Å². The number of hydrogen-bond donors (Lipinski definition) is 2. The lowest BCUT2D eigenvalue weighted by Crippen LogP contribution is -2.26. The predicted octanol–water partition coefficient (Wildman–Crippen LogP) is 2.09. The van der Waals surface area contributed by atoms with E-state index in [0.717, 1.165) is 6.07 Å². The maximum Gasteiger partial charge on any atom is 0.416 e. The third-order valence-corrected chi connectivity index (χ3v) is 2.15. The standard InChI is InChI=1S/C10H12F3NO/c1-6(15)9(14)7-4-2-3-5-8(7)10(11,12)13/h2-6,9,15H,14H2,1H3/t6?,9-/m1/s1. The van der Waals surface area contributed by atoms with Crippen LogP contribution in [0.1, 0.15) is 24.1 Å². The van der Waals surface area contributed by atoms with Crippen molar-refractivity contribution in [3.63, 3.8) is 0 Å². The highest BCUT2D eigenvalue weighted by atomic mass is 19.4. The molecule has 1 aromatic carbocycles. The van der Waals surface area contributed by atoms with E-state index in [1.165, 1.54) is 25.1 Å². The average Bonchev–Trinajstić information content (AvgIpc) is 2.15. The smallest absolute Gasteiger partial charge is 0.391 e. The van der Waals surface area contributed by atoms with Crippen LogP contribution >= 0.6 is 0 Å². The highest BCUT2D eigenvalue weighted by Crippen LogP contribution is 2.34. The van der Waals surface area contributed by atoms with Crippen molar-refractivity contribution < 1.29 is 18.3 Å². The van der Waals surface area contributed by atoms with Crippen molar-refractivity contribution in [2.24, 2.45) is 5.73 Å². The first-order valence-corrected chi connectivity index (χ1v) is 4.44. The van der Waals surface area contributed by atoms with E-state index >= 15 is 0 Å². The lowest BCUT2D eigenvalue weighted by molar-refractivity contribution is -0.138. The molecule has 0 saturated heterocycles. The van der Waals surface area contributed by atoms with Gasteiger partial charge in [0.2, 0.25) is 0 Å². The van der Waals surface area contributed by atoms with Crippen LogP contribution in [0.5, 0.6) is 0 Å². The topological polar surface area (TPSA) is 46.2 Å².